The summed E-state index contributed by atoms with van der Waals surface area (Å²) in [4.78, 5) is 25.6. The Morgan fingerprint density at radius 3 is 2.44 bits per heavy atom. The molecule has 0 unspecified atom stereocenters. The van der Waals surface area contributed by atoms with Crippen LogP contribution in [0.1, 0.15) is 0 Å². The Hall–Kier alpha value is -3.54. The fraction of sp³-hybridized carbons (Fsp3) is 0.0526. The van der Waals surface area contributed by atoms with Gasteiger partial charge in [0.25, 0.3) is 0 Å². The summed E-state index contributed by atoms with van der Waals surface area (Å²) in [6.07, 6.45) is 3.36. The fourth-order valence-corrected chi connectivity index (χ4v) is 2.69. The molecule has 25 heavy (non-hydrogen) atoms. The number of nitrogens with one attached hydrogen (secondary N) is 1. The number of imidazole rings is 1. The SMILES string of the molecule is O=C(Cn1c(-c2ccccn2)nc2ccccc21)Nc1ccccn1. The predicted octanol–water partition coefficient (Wildman–Crippen LogP) is 3.13. The van der Waals surface area contributed by atoms with E-state index in [2.05, 4.69) is 20.3 Å². The summed E-state index contributed by atoms with van der Waals surface area (Å²) in [7, 11) is 0. The maximum absolute atomic E-state index is 12.5. The topological polar surface area (TPSA) is 72.7 Å². The molecular weight excluding hydrogens is 314 g/mol. The van der Waals surface area contributed by atoms with E-state index in [1.54, 1.807) is 24.5 Å². The van der Waals surface area contributed by atoms with Crippen LogP contribution in [-0.2, 0) is 11.3 Å². The van der Waals surface area contributed by atoms with Crippen molar-refractivity contribution in [3.63, 3.8) is 0 Å². The molecule has 0 aliphatic rings. The predicted molar refractivity (Wildman–Crippen MR) is 95.8 cm³/mol. The van der Waals surface area contributed by atoms with Crippen molar-refractivity contribution in [2.75, 3.05) is 5.32 Å². The Labute approximate surface area is 144 Å². The van der Waals surface area contributed by atoms with Gasteiger partial charge in [0.15, 0.2) is 5.82 Å². The second-order valence-electron chi connectivity index (χ2n) is 5.49. The van der Waals surface area contributed by atoms with E-state index in [9.17, 15) is 4.79 Å². The number of hydrogen-bond donors (Lipinski definition) is 1. The number of anilines is 1. The zero-order valence-corrected chi connectivity index (χ0v) is 13.3. The number of rotatable bonds is 4. The van der Waals surface area contributed by atoms with Crippen molar-refractivity contribution in [1.82, 2.24) is 19.5 Å². The zero-order valence-electron chi connectivity index (χ0n) is 13.3. The summed E-state index contributed by atoms with van der Waals surface area (Å²) in [5.41, 5.74) is 2.44. The highest BCUT2D eigenvalue weighted by atomic mass is 16.2. The van der Waals surface area contributed by atoms with Crippen LogP contribution in [-0.4, -0.2) is 25.4 Å². The molecule has 4 aromatic rings. The minimum Gasteiger partial charge on any atom is -0.313 e. The van der Waals surface area contributed by atoms with Gasteiger partial charge in [-0.25, -0.2) is 9.97 Å². The molecule has 0 radical (unpaired) electrons. The van der Waals surface area contributed by atoms with Crippen LogP contribution < -0.4 is 5.32 Å². The average Bonchev–Trinajstić information content (AvgIpc) is 3.02. The molecule has 122 valence electrons. The van der Waals surface area contributed by atoms with E-state index in [4.69, 9.17) is 0 Å². The van der Waals surface area contributed by atoms with E-state index in [-0.39, 0.29) is 12.5 Å². The van der Waals surface area contributed by atoms with E-state index < -0.39 is 0 Å². The molecule has 0 fully saturated rings. The molecular formula is C19H15N5O. The third kappa shape index (κ3) is 3.10. The molecule has 0 saturated heterocycles. The molecule has 0 spiro atoms. The number of benzene rings is 1. The van der Waals surface area contributed by atoms with Crippen LogP contribution in [0, 0.1) is 0 Å². The molecule has 1 N–H and O–H groups in total. The van der Waals surface area contributed by atoms with Gasteiger partial charge in [-0.15, -0.1) is 0 Å². The van der Waals surface area contributed by atoms with Gasteiger partial charge in [0, 0.05) is 12.4 Å². The Bertz CT molecular complexity index is 1010. The summed E-state index contributed by atoms with van der Waals surface area (Å²) in [5, 5.41) is 2.80. The smallest absolute Gasteiger partial charge is 0.245 e. The number of carbonyl (C=O) groups excluding carboxylic acids is 1. The lowest BCUT2D eigenvalue weighted by Crippen LogP contribution is -2.20. The van der Waals surface area contributed by atoms with Gasteiger partial charge in [0.2, 0.25) is 5.91 Å². The van der Waals surface area contributed by atoms with Gasteiger partial charge in [-0.3, -0.25) is 9.78 Å². The number of aromatic nitrogens is 4. The van der Waals surface area contributed by atoms with Crippen molar-refractivity contribution in [2.45, 2.75) is 6.54 Å². The number of amides is 1. The molecule has 0 atom stereocenters. The van der Waals surface area contributed by atoms with Crippen LogP contribution in [0.5, 0.6) is 0 Å². The van der Waals surface area contributed by atoms with Crippen LogP contribution in [0.2, 0.25) is 0 Å². The van der Waals surface area contributed by atoms with E-state index in [0.717, 1.165) is 16.7 Å². The van der Waals surface area contributed by atoms with E-state index in [0.29, 0.717) is 11.6 Å². The maximum atomic E-state index is 12.5. The summed E-state index contributed by atoms with van der Waals surface area (Å²) >= 11 is 0. The van der Waals surface area contributed by atoms with Crippen LogP contribution in [0.25, 0.3) is 22.6 Å². The van der Waals surface area contributed by atoms with E-state index >= 15 is 0 Å². The molecule has 1 amide bonds. The number of pyridine rings is 2. The van der Waals surface area contributed by atoms with Gasteiger partial charge < -0.3 is 9.88 Å². The maximum Gasteiger partial charge on any atom is 0.245 e. The third-order valence-electron chi connectivity index (χ3n) is 3.78. The number of para-hydroxylation sites is 2. The Kier molecular flexibility index (Phi) is 3.92. The lowest BCUT2D eigenvalue weighted by atomic mass is 10.3. The van der Waals surface area contributed by atoms with Crippen LogP contribution >= 0.6 is 0 Å². The minimum atomic E-state index is -0.168. The number of carbonyl (C=O) groups is 1. The highest BCUT2D eigenvalue weighted by molar-refractivity contribution is 5.91. The van der Waals surface area contributed by atoms with Crippen molar-refractivity contribution in [3.05, 3.63) is 73.1 Å². The van der Waals surface area contributed by atoms with Crippen molar-refractivity contribution in [2.24, 2.45) is 0 Å². The fourth-order valence-electron chi connectivity index (χ4n) is 2.69. The molecule has 0 aliphatic carbocycles. The first-order valence-electron chi connectivity index (χ1n) is 7.89. The summed E-state index contributed by atoms with van der Waals surface area (Å²) in [5.74, 6) is 1.02. The van der Waals surface area contributed by atoms with Crippen LogP contribution in [0.4, 0.5) is 5.82 Å². The van der Waals surface area contributed by atoms with Gasteiger partial charge >= 0.3 is 0 Å². The standard InChI is InChI=1S/C19H15N5O/c25-18(23-17-10-4-6-12-21-17)13-24-16-9-2-1-7-14(16)22-19(24)15-8-3-5-11-20-15/h1-12H,13H2,(H,21,23,25). The molecule has 6 nitrogen and oxygen atoms in total. The van der Waals surface area contributed by atoms with Gasteiger partial charge in [0.1, 0.15) is 18.1 Å². The first-order valence-corrected chi connectivity index (χ1v) is 7.89. The third-order valence-corrected chi connectivity index (χ3v) is 3.78. The normalized spacial score (nSPS) is 10.7. The molecule has 3 heterocycles. The lowest BCUT2D eigenvalue weighted by Gasteiger charge is -2.09. The summed E-state index contributed by atoms with van der Waals surface area (Å²) in [6, 6.07) is 18.8. The van der Waals surface area contributed by atoms with Gasteiger partial charge in [-0.2, -0.15) is 0 Å². The molecule has 4 rings (SSSR count). The Morgan fingerprint density at radius 1 is 0.920 bits per heavy atom. The summed E-state index contributed by atoms with van der Waals surface area (Å²) in [6.45, 7) is 0.128. The van der Waals surface area contributed by atoms with Gasteiger partial charge in [-0.1, -0.05) is 24.3 Å². The molecule has 1 aromatic carbocycles. The zero-order chi connectivity index (χ0) is 17.1. The molecule has 0 saturated carbocycles. The number of fused-ring (bicyclic) bond motifs is 1. The highest BCUT2D eigenvalue weighted by Crippen LogP contribution is 2.23. The Balaban J connectivity index is 1.71. The first-order chi connectivity index (χ1) is 12.3. The van der Waals surface area contributed by atoms with Gasteiger partial charge in [0.05, 0.1) is 11.0 Å². The van der Waals surface area contributed by atoms with Crippen molar-refractivity contribution in [1.29, 1.82) is 0 Å². The number of hydrogen-bond acceptors (Lipinski definition) is 4. The van der Waals surface area contributed by atoms with E-state index in [1.165, 1.54) is 0 Å². The minimum absolute atomic E-state index is 0.128. The summed E-state index contributed by atoms with van der Waals surface area (Å²) < 4.78 is 1.87. The van der Waals surface area contributed by atoms with Crippen molar-refractivity contribution >= 4 is 22.8 Å². The Morgan fingerprint density at radius 2 is 1.68 bits per heavy atom. The second kappa shape index (κ2) is 6.52. The first kappa shape index (κ1) is 15.0. The largest absolute Gasteiger partial charge is 0.313 e. The van der Waals surface area contributed by atoms with Crippen molar-refractivity contribution < 1.29 is 4.79 Å². The molecule has 3 aromatic heterocycles. The molecule has 0 bridgehead atoms. The van der Waals surface area contributed by atoms with Crippen LogP contribution in [0.15, 0.2) is 73.1 Å². The van der Waals surface area contributed by atoms with E-state index in [1.807, 2.05) is 53.1 Å². The average molecular weight is 329 g/mol. The highest BCUT2D eigenvalue weighted by Gasteiger charge is 2.16. The van der Waals surface area contributed by atoms with Crippen molar-refractivity contribution in [3.8, 4) is 11.5 Å². The lowest BCUT2D eigenvalue weighted by molar-refractivity contribution is -0.116. The quantitative estimate of drug-likeness (QED) is 0.624. The second-order valence-corrected chi connectivity index (χ2v) is 5.49. The monoisotopic (exact) mass is 329 g/mol. The number of nitrogens with zero attached hydrogens (tertiary/aromatic N) is 4. The molecule has 6 heteroatoms. The van der Waals surface area contributed by atoms with Crippen LogP contribution in [0.3, 0.4) is 0 Å². The molecule has 0 aliphatic heterocycles. The van der Waals surface area contributed by atoms with Gasteiger partial charge in [-0.05, 0) is 36.4 Å².